The van der Waals surface area contributed by atoms with Gasteiger partial charge in [-0.05, 0) is 130 Å². The maximum Gasteiger partial charge on any atom is 0.137 e. The van der Waals surface area contributed by atoms with Gasteiger partial charge in [-0.2, -0.15) is 0 Å². The van der Waals surface area contributed by atoms with Gasteiger partial charge in [0.05, 0.1) is 5.60 Å². The molecule has 0 aromatic heterocycles. The van der Waals surface area contributed by atoms with E-state index in [4.69, 9.17) is 0 Å². The molecule has 5 rings (SSSR count). The zero-order valence-corrected chi connectivity index (χ0v) is 20.9. The Bertz CT molecular complexity index is 861. The molecule has 182 valence electrons. The molecule has 0 heterocycles. The number of aliphatic hydroxyl groups is 1. The third kappa shape index (κ3) is 4.21. The van der Waals surface area contributed by atoms with Gasteiger partial charge in [0.1, 0.15) is 11.6 Å². The molecule has 1 N–H and O–H groups in total. The van der Waals surface area contributed by atoms with Crippen LogP contribution < -0.4 is 0 Å². The monoisotopic (exact) mass is 454 g/mol. The number of halogens is 1. The van der Waals surface area contributed by atoms with E-state index in [1.54, 1.807) is 0 Å². The summed E-state index contributed by atoms with van der Waals surface area (Å²) >= 11 is 0. The Hall–Kier alpha value is -1.22. The number of fused-ring (bicyclic) bond motifs is 5. The molecule has 2 nitrogen and oxygen atoms in total. The third-order valence-corrected chi connectivity index (χ3v) is 10.9. The molecule has 9 atom stereocenters. The molecule has 0 aliphatic heterocycles. The van der Waals surface area contributed by atoms with Crippen LogP contribution in [0.4, 0.5) is 4.39 Å². The van der Waals surface area contributed by atoms with Crippen LogP contribution in [0.15, 0.2) is 24.3 Å². The number of Topliss-reactive ketones (excluding diaryl/α,β-unsaturated/α-hetero) is 1. The Labute approximate surface area is 199 Å². The SMILES string of the molecule is CC[C@@H](CC(=O)[C@H]1CC[C@H]2[C@@H]3CC[C@@H]4C[C@](C)(O)CC[C@@H]4[C@H]3CC[C@]12C)c1ccc(F)cc1. The molecule has 0 saturated heterocycles. The zero-order valence-electron chi connectivity index (χ0n) is 20.9. The van der Waals surface area contributed by atoms with Crippen LogP contribution in [-0.4, -0.2) is 16.5 Å². The van der Waals surface area contributed by atoms with Gasteiger partial charge in [-0.1, -0.05) is 26.0 Å². The maximum absolute atomic E-state index is 13.7. The second-order valence-corrected chi connectivity index (χ2v) is 12.7. The van der Waals surface area contributed by atoms with Gasteiger partial charge in [-0.15, -0.1) is 0 Å². The second-order valence-electron chi connectivity index (χ2n) is 12.7. The van der Waals surface area contributed by atoms with Crippen molar-refractivity contribution < 1.29 is 14.3 Å². The first-order valence-corrected chi connectivity index (χ1v) is 13.7. The Kier molecular flexibility index (Phi) is 6.25. The number of hydrogen-bond acceptors (Lipinski definition) is 2. The number of rotatable bonds is 5. The summed E-state index contributed by atoms with van der Waals surface area (Å²) in [5.41, 5.74) is 0.802. The van der Waals surface area contributed by atoms with Gasteiger partial charge in [0.15, 0.2) is 0 Å². The number of carbonyl (C=O) groups excluding carboxylic acids is 1. The summed E-state index contributed by atoms with van der Waals surface area (Å²) < 4.78 is 13.4. The molecule has 0 spiro atoms. The van der Waals surface area contributed by atoms with Crippen LogP contribution in [0.25, 0.3) is 0 Å². The second kappa shape index (κ2) is 8.77. The first-order chi connectivity index (χ1) is 15.7. The van der Waals surface area contributed by atoms with Crippen LogP contribution in [0.1, 0.15) is 103 Å². The minimum Gasteiger partial charge on any atom is -0.390 e. The van der Waals surface area contributed by atoms with E-state index in [1.165, 1.54) is 50.7 Å². The largest absolute Gasteiger partial charge is 0.390 e. The van der Waals surface area contributed by atoms with Crippen LogP contribution >= 0.6 is 0 Å². The summed E-state index contributed by atoms with van der Waals surface area (Å²) in [7, 11) is 0. The van der Waals surface area contributed by atoms with Crippen LogP contribution in [0.3, 0.4) is 0 Å². The van der Waals surface area contributed by atoms with E-state index < -0.39 is 5.60 Å². The van der Waals surface area contributed by atoms with Gasteiger partial charge in [0.2, 0.25) is 0 Å². The molecule has 4 saturated carbocycles. The van der Waals surface area contributed by atoms with Gasteiger partial charge in [0, 0.05) is 12.3 Å². The minimum atomic E-state index is -0.456. The van der Waals surface area contributed by atoms with E-state index in [0.29, 0.717) is 24.0 Å². The van der Waals surface area contributed by atoms with Crippen LogP contribution in [0, 0.1) is 46.7 Å². The van der Waals surface area contributed by atoms with Crippen molar-refractivity contribution in [2.24, 2.45) is 40.9 Å². The fraction of sp³-hybridized carbons (Fsp3) is 0.767. The molecule has 4 aliphatic rings. The fourth-order valence-corrected chi connectivity index (χ4v) is 9.23. The van der Waals surface area contributed by atoms with Crippen LogP contribution in [0.5, 0.6) is 0 Å². The fourth-order valence-electron chi connectivity index (χ4n) is 9.23. The van der Waals surface area contributed by atoms with E-state index >= 15 is 0 Å². The normalized spacial score (nSPS) is 43.3. The predicted octanol–water partition coefficient (Wildman–Crippen LogP) is 7.30. The molecule has 33 heavy (non-hydrogen) atoms. The van der Waals surface area contributed by atoms with Crippen molar-refractivity contribution in [2.45, 2.75) is 103 Å². The summed E-state index contributed by atoms with van der Waals surface area (Å²) in [6.07, 6.45) is 12.0. The van der Waals surface area contributed by atoms with E-state index in [-0.39, 0.29) is 23.1 Å². The van der Waals surface area contributed by atoms with Crippen molar-refractivity contribution >= 4 is 5.78 Å². The lowest BCUT2D eigenvalue weighted by atomic mass is 9.49. The Morgan fingerprint density at radius 2 is 1.73 bits per heavy atom. The van der Waals surface area contributed by atoms with Crippen molar-refractivity contribution in [3.8, 4) is 0 Å². The number of hydrogen-bond donors (Lipinski definition) is 1. The van der Waals surface area contributed by atoms with Crippen molar-refractivity contribution in [2.75, 3.05) is 0 Å². The molecule has 3 heteroatoms. The number of ketones is 1. The molecule has 1 aromatic rings. The average molecular weight is 455 g/mol. The predicted molar refractivity (Wildman–Crippen MR) is 130 cm³/mol. The van der Waals surface area contributed by atoms with Gasteiger partial charge in [0.25, 0.3) is 0 Å². The molecule has 0 radical (unpaired) electrons. The first-order valence-electron chi connectivity index (χ1n) is 13.7. The third-order valence-electron chi connectivity index (χ3n) is 10.9. The number of carbonyl (C=O) groups is 1. The summed E-state index contributed by atoms with van der Waals surface area (Å²) in [5, 5.41) is 10.6. The Morgan fingerprint density at radius 1 is 1.00 bits per heavy atom. The van der Waals surface area contributed by atoms with E-state index in [2.05, 4.69) is 13.8 Å². The van der Waals surface area contributed by atoms with Gasteiger partial charge in [-0.3, -0.25) is 4.79 Å². The Balaban J connectivity index is 1.29. The smallest absolute Gasteiger partial charge is 0.137 e. The Morgan fingerprint density at radius 3 is 2.45 bits per heavy atom. The van der Waals surface area contributed by atoms with Crippen molar-refractivity contribution in [1.29, 1.82) is 0 Å². The highest BCUT2D eigenvalue weighted by atomic mass is 19.1. The standard InChI is InChI=1S/C30H43FO2/c1-4-19(20-5-8-22(31)9-6-20)17-28(32)27-12-11-26-25-10-7-21-18-29(2,33)15-13-23(21)24(25)14-16-30(26,27)3/h5-6,8-9,19,21,23-27,33H,4,7,10-18H2,1-3H3/t19-,21+,23-,24+,25+,26-,27+,29+,30-/m0/s1. The highest BCUT2D eigenvalue weighted by Gasteiger charge is 2.58. The lowest BCUT2D eigenvalue weighted by molar-refractivity contribution is -0.132. The highest BCUT2D eigenvalue weighted by Crippen LogP contribution is 2.65. The van der Waals surface area contributed by atoms with Gasteiger partial charge in [-0.25, -0.2) is 4.39 Å². The van der Waals surface area contributed by atoms with E-state index in [1.807, 2.05) is 19.1 Å². The van der Waals surface area contributed by atoms with Crippen LogP contribution in [0.2, 0.25) is 0 Å². The van der Waals surface area contributed by atoms with Gasteiger partial charge < -0.3 is 5.11 Å². The lowest BCUT2D eigenvalue weighted by Gasteiger charge is -2.57. The topological polar surface area (TPSA) is 37.3 Å². The molecule has 0 bridgehead atoms. The van der Waals surface area contributed by atoms with Crippen LogP contribution in [-0.2, 0) is 4.79 Å². The quantitative estimate of drug-likeness (QED) is 0.507. The summed E-state index contributed by atoms with van der Waals surface area (Å²) in [6.45, 7) is 6.63. The molecule has 4 aliphatic carbocycles. The molecule has 0 amide bonds. The summed E-state index contributed by atoms with van der Waals surface area (Å²) in [5.74, 6) is 4.44. The maximum atomic E-state index is 13.7. The lowest BCUT2D eigenvalue weighted by Crippen LogP contribution is -2.51. The molecular weight excluding hydrogens is 411 g/mol. The molecular formula is C30H43FO2. The first kappa shape index (κ1) is 23.5. The summed E-state index contributed by atoms with van der Waals surface area (Å²) in [6, 6.07) is 6.78. The molecule has 0 unspecified atom stereocenters. The summed E-state index contributed by atoms with van der Waals surface area (Å²) in [4.78, 5) is 13.7. The van der Waals surface area contributed by atoms with Gasteiger partial charge >= 0.3 is 0 Å². The van der Waals surface area contributed by atoms with E-state index in [0.717, 1.165) is 49.0 Å². The highest BCUT2D eigenvalue weighted by molar-refractivity contribution is 5.83. The zero-order chi connectivity index (χ0) is 23.4. The molecule has 1 aromatic carbocycles. The average Bonchev–Trinajstić information content (AvgIpc) is 3.14. The van der Waals surface area contributed by atoms with Crippen molar-refractivity contribution in [1.82, 2.24) is 0 Å². The van der Waals surface area contributed by atoms with Crippen molar-refractivity contribution in [3.63, 3.8) is 0 Å². The van der Waals surface area contributed by atoms with E-state index in [9.17, 15) is 14.3 Å². The molecule has 4 fully saturated rings. The van der Waals surface area contributed by atoms with Crippen molar-refractivity contribution in [3.05, 3.63) is 35.6 Å². The minimum absolute atomic E-state index is 0.159. The number of benzene rings is 1.